The Kier molecular flexibility index (Phi) is 5.89. The number of ether oxygens (including phenoxy) is 6. The summed E-state index contributed by atoms with van der Waals surface area (Å²) >= 11 is 0. The van der Waals surface area contributed by atoms with E-state index in [-0.39, 0.29) is 0 Å². The van der Waals surface area contributed by atoms with Crippen LogP contribution in [-0.4, -0.2) is 65.1 Å². The first kappa shape index (κ1) is 15.6. The van der Waals surface area contributed by atoms with Crippen molar-refractivity contribution in [3.63, 3.8) is 0 Å². The summed E-state index contributed by atoms with van der Waals surface area (Å²) in [6, 6.07) is 7.58. The van der Waals surface area contributed by atoms with Crippen LogP contribution in [0.25, 0.3) is 0 Å². The van der Waals surface area contributed by atoms with Gasteiger partial charge in [0.15, 0.2) is 0 Å². The van der Waals surface area contributed by atoms with Gasteiger partial charge in [0.05, 0.1) is 39.6 Å². The molecule has 0 saturated carbocycles. The number of epoxide rings is 2. The van der Waals surface area contributed by atoms with Crippen molar-refractivity contribution in [2.45, 2.75) is 12.2 Å². The van der Waals surface area contributed by atoms with E-state index in [9.17, 15) is 0 Å². The van der Waals surface area contributed by atoms with Crippen molar-refractivity contribution in [2.75, 3.05) is 52.9 Å². The maximum absolute atomic E-state index is 5.62. The van der Waals surface area contributed by atoms with Gasteiger partial charge in [-0.25, -0.2) is 0 Å². The highest BCUT2D eigenvalue weighted by Gasteiger charge is 2.22. The van der Waals surface area contributed by atoms with E-state index in [1.807, 2.05) is 24.3 Å². The molecule has 0 spiro atoms. The van der Waals surface area contributed by atoms with Crippen LogP contribution in [0.3, 0.4) is 0 Å². The van der Waals surface area contributed by atoms with Gasteiger partial charge in [-0.3, -0.25) is 0 Å². The van der Waals surface area contributed by atoms with E-state index in [0.717, 1.165) is 24.7 Å². The Morgan fingerprint density at radius 3 is 1.77 bits per heavy atom. The molecule has 2 heterocycles. The van der Waals surface area contributed by atoms with Crippen molar-refractivity contribution in [3.8, 4) is 11.5 Å². The van der Waals surface area contributed by atoms with Crippen LogP contribution in [0.1, 0.15) is 0 Å². The van der Waals surface area contributed by atoms with E-state index in [4.69, 9.17) is 28.4 Å². The van der Waals surface area contributed by atoms with Crippen molar-refractivity contribution in [3.05, 3.63) is 24.3 Å². The summed E-state index contributed by atoms with van der Waals surface area (Å²) in [5.41, 5.74) is 0. The summed E-state index contributed by atoms with van der Waals surface area (Å²) in [4.78, 5) is 0. The molecule has 0 amide bonds. The molecule has 0 radical (unpaired) electrons. The van der Waals surface area contributed by atoms with Crippen LogP contribution in [0.2, 0.25) is 0 Å². The minimum Gasteiger partial charge on any atom is -0.491 e. The lowest BCUT2D eigenvalue weighted by atomic mass is 10.3. The second-order valence-corrected chi connectivity index (χ2v) is 5.23. The molecule has 2 atom stereocenters. The molecule has 3 rings (SSSR count). The highest BCUT2D eigenvalue weighted by atomic mass is 16.6. The third-order valence-corrected chi connectivity index (χ3v) is 3.21. The van der Waals surface area contributed by atoms with Gasteiger partial charge >= 0.3 is 0 Å². The van der Waals surface area contributed by atoms with Crippen LogP contribution >= 0.6 is 0 Å². The second-order valence-electron chi connectivity index (χ2n) is 5.23. The quantitative estimate of drug-likeness (QED) is 0.428. The molecular weight excluding hydrogens is 288 g/mol. The van der Waals surface area contributed by atoms with Crippen LogP contribution < -0.4 is 9.47 Å². The molecule has 122 valence electrons. The SMILES string of the molecule is c1cc(OCCOCC2CO2)cc(OCCOCC2CO2)c1. The Morgan fingerprint density at radius 2 is 1.32 bits per heavy atom. The summed E-state index contributed by atoms with van der Waals surface area (Å²) in [5, 5.41) is 0. The number of benzene rings is 1. The van der Waals surface area contributed by atoms with E-state index in [2.05, 4.69) is 0 Å². The van der Waals surface area contributed by atoms with Gasteiger partial charge < -0.3 is 28.4 Å². The summed E-state index contributed by atoms with van der Waals surface area (Å²) in [6.07, 6.45) is 0.593. The minimum absolute atomic E-state index is 0.297. The van der Waals surface area contributed by atoms with Gasteiger partial charge in [-0.15, -0.1) is 0 Å². The van der Waals surface area contributed by atoms with Crippen molar-refractivity contribution < 1.29 is 28.4 Å². The van der Waals surface area contributed by atoms with Crippen LogP contribution in [0.4, 0.5) is 0 Å². The number of rotatable bonds is 12. The van der Waals surface area contributed by atoms with Crippen LogP contribution in [0, 0.1) is 0 Å². The van der Waals surface area contributed by atoms with Gasteiger partial charge in [0.1, 0.15) is 36.9 Å². The average molecular weight is 310 g/mol. The Labute approximate surface area is 130 Å². The van der Waals surface area contributed by atoms with Crippen molar-refractivity contribution in [1.82, 2.24) is 0 Å². The first-order chi connectivity index (χ1) is 10.9. The molecule has 0 N–H and O–H groups in total. The molecule has 6 heteroatoms. The molecule has 0 aliphatic carbocycles. The predicted molar refractivity (Wildman–Crippen MR) is 78.6 cm³/mol. The largest absolute Gasteiger partial charge is 0.491 e. The van der Waals surface area contributed by atoms with Crippen molar-refractivity contribution in [1.29, 1.82) is 0 Å². The second kappa shape index (κ2) is 8.33. The average Bonchev–Trinajstić information content (AvgIpc) is 3.42. The summed E-state index contributed by atoms with van der Waals surface area (Å²) < 4.78 is 32.2. The molecule has 0 bridgehead atoms. The van der Waals surface area contributed by atoms with E-state index in [1.54, 1.807) is 0 Å². The zero-order chi connectivity index (χ0) is 15.0. The third kappa shape index (κ3) is 6.19. The molecule has 1 aromatic carbocycles. The fourth-order valence-electron chi connectivity index (χ4n) is 1.85. The zero-order valence-electron chi connectivity index (χ0n) is 12.6. The molecule has 2 saturated heterocycles. The molecule has 2 aliphatic heterocycles. The smallest absolute Gasteiger partial charge is 0.123 e. The van der Waals surface area contributed by atoms with E-state index >= 15 is 0 Å². The van der Waals surface area contributed by atoms with E-state index < -0.39 is 0 Å². The van der Waals surface area contributed by atoms with Crippen LogP contribution in [0.5, 0.6) is 11.5 Å². The lowest BCUT2D eigenvalue weighted by Gasteiger charge is -2.10. The summed E-state index contributed by atoms with van der Waals surface area (Å²) in [5.74, 6) is 1.55. The summed E-state index contributed by atoms with van der Waals surface area (Å²) in [7, 11) is 0. The molecule has 2 fully saturated rings. The van der Waals surface area contributed by atoms with Gasteiger partial charge in [0, 0.05) is 6.07 Å². The molecule has 22 heavy (non-hydrogen) atoms. The van der Waals surface area contributed by atoms with E-state index in [0.29, 0.717) is 51.8 Å². The molecule has 1 aromatic rings. The minimum atomic E-state index is 0.297. The molecule has 2 unspecified atom stereocenters. The van der Waals surface area contributed by atoms with Crippen molar-refractivity contribution in [2.24, 2.45) is 0 Å². The summed E-state index contributed by atoms with van der Waals surface area (Å²) in [6.45, 7) is 5.08. The zero-order valence-corrected chi connectivity index (χ0v) is 12.6. The highest BCUT2D eigenvalue weighted by molar-refractivity contribution is 5.32. The maximum Gasteiger partial charge on any atom is 0.123 e. The van der Waals surface area contributed by atoms with Crippen LogP contribution in [-0.2, 0) is 18.9 Å². The lowest BCUT2D eigenvalue weighted by molar-refractivity contribution is 0.0858. The highest BCUT2D eigenvalue weighted by Crippen LogP contribution is 2.19. The molecular formula is C16H22O6. The molecule has 6 nitrogen and oxygen atoms in total. The predicted octanol–water partition coefficient (Wildman–Crippen LogP) is 1.27. The third-order valence-electron chi connectivity index (χ3n) is 3.21. The van der Waals surface area contributed by atoms with Gasteiger partial charge in [0.25, 0.3) is 0 Å². The van der Waals surface area contributed by atoms with Crippen molar-refractivity contribution >= 4 is 0 Å². The lowest BCUT2D eigenvalue weighted by Crippen LogP contribution is -2.11. The molecule has 0 aromatic heterocycles. The van der Waals surface area contributed by atoms with Gasteiger partial charge in [0.2, 0.25) is 0 Å². The van der Waals surface area contributed by atoms with Gasteiger partial charge in [-0.05, 0) is 12.1 Å². The topological polar surface area (TPSA) is 62.0 Å². The standard InChI is InChI=1S/C16H22O6/c1-2-13(19-6-4-17-9-15-11-21-15)8-14(3-1)20-7-5-18-10-16-12-22-16/h1-3,8,15-16H,4-7,9-12H2. The Morgan fingerprint density at radius 1 is 0.818 bits per heavy atom. The first-order valence-corrected chi connectivity index (χ1v) is 7.64. The number of hydrogen-bond acceptors (Lipinski definition) is 6. The Hall–Kier alpha value is -1.34. The van der Waals surface area contributed by atoms with E-state index in [1.165, 1.54) is 0 Å². The monoisotopic (exact) mass is 310 g/mol. The Bertz CT molecular complexity index is 407. The fraction of sp³-hybridized carbons (Fsp3) is 0.625. The Balaban J connectivity index is 1.26. The fourth-order valence-corrected chi connectivity index (χ4v) is 1.85. The molecule has 2 aliphatic rings. The first-order valence-electron chi connectivity index (χ1n) is 7.64. The normalized spacial score (nSPS) is 22.4. The van der Waals surface area contributed by atoms with Crippen LogP contribution in [0.15, 0.2) is 24.3 Å². The van der Waals surface area contributed by atoms with Gasteiger partial charge in [-0.2, -0.15) is 0 Å². The number of hydrogen-bond donors (Lipinski definition) is 0. The maximum atomic E-state index is 5.62. The van der Waals surface area contributed by atoms with Gasteiger partial charge in [-0.1, -0.05) is 6.07 Å².